The van der Waals surface area contributed by atoms with Gasteiger partial charge in [-0.2, -0.15) is 5.26 Å². The van der Waals surface area contributed by atoms with Gasteiger partial charge in [-0.25, -0.2) is 0 Å². The molecule has 0 aliphatic carbocycles. The molecule has 0 aromatic carbocycles. The van der Waals surface area contributed by atoms with Crippen LogP contribution < -0.4 is 0 Å². The molecule has 0 saturated heterocycles. The monoisotopic (exact) mass is 244 g/mol. The number of carbonyl (C=O) groups excluding carboxylic acids is 1. The van der Waals surface area contributed by atoms with Crippen molar-refractivity contribution in [1.82, 2.24) is 4.98 Å². The summed E-state index contributed by atoms with van der Waals surface area (Å²) in [7, 11) is 1.19. The highest BCUT2D eigenvalue weighted by molar-refractivity contribution is 6.35. The normalized spacial score (nSPS) is 11.6. The molecular weight excluding hydrogens is 239 g/mol. The largest absolute Gasteiger partial charge is 0.468 e. The molecule has 0 bridgehead atoms. The van der Waals surface area contributed by atoms with Crippen LogP contribution in [0.2, 0.25) is 10.0 Å². The number of hydrogen-bond acceptors (Lipinski definition) is 4. The van der Waals surface area contributed by atoms with Crippen molar-refractivity contribution < 1.29 is 9.53 Å². The number of aromatic nitrogens is 1. The quantitative estimate of drug-likeness (QED) is 0.749. The summed E-state index contributed by atoms with van der Waals surface area (Å²) in [5, 5.41) is 9.30. The summed E-state index contributed by atoms with van der Waals surface area (Å²) in [6.45, 7) is 0. The second-order valence-corrected chi connectivity index (χ2v) is 3.45. The Morgan fingerprint density at radius 1 is 1.67 bits per heavy atom. The predicted octanol–water partition coefficient (Wildman–Crippen LogP) is 2.17. The van der Waals surface area contributed by atoms with Gasteiger partial charge in [0.2, 0.25) is 0 Å². The number of pyridine rings is 1. The number of rotatable bonds is 2. The molecule has 1 heterocycles. The highest BCUT2D eigenvalue weighted by Crippen LogP contribution is 2.25. The van der Waals surface area contributed by atoms with Crippen molar-refractivity contribution >= 4 is 29.2 Å². The van der Waals surface area contributed by atoms with Gasteiger partial charge in [0.05, 0.1) is 28.9 Å². The van der Waals surface area contributed by atoms with Gasteiger partial charge in [0, 0.05) is 6.20 Å². The molecular formula is C9H6Cl2N2O2. The van der Waals surface area contributed by atoms with Crippen LogP contribution in [0.5, 0.6) is 0 Å². The van der Waals surface area contributed by atoms with Crippen molar-refractivity contribution in [2.75, 3.05) is 7.11 Å². The summed E-state index contributed by atoms with van der Waals surface area (Å²) in [5.41, 5.74) is 0.149. The van der Waals surface area contributed by atoms with Gasteiger partial charge >= 0.3 is 5.97 Å². The van der Waals surface area contributed by atoms with Crippen LogP contribution in [0, 0.1) is 11.3 Å². The third kappa shape index (κ3) is 2.58. The summed E-state index contributed by atoms with van der Waals surface area (Å²) < 4.78 is 4.45. The van der Waals surface area contributed by atoms with Gasteiger partial charge in [-0.15, -0.1) is 0 Å². The summed E-state index contributed by atoms with van der Waals surface area (Å²) in [4.78, 5) is 15.0. The van der Waals surface area contributed by atoms with Crippen molar-refractivity contribution in [3.63, 3.8) is 0 Å². The van der Waals surface area contributed by atoms with E-state index >= 15 is 0 Å². The van der Waals surface area contributed by atoms with Gasteiger partial charge < -0.3 is 4.74 Å². The Hall–Kier alpha value is -1.31. The van der Waals surface area contributed by atoms with Gasteiger partial charge in [-0.3, -0.25) is 9.78 Å². The Balaban J connectivity index is 3.14. The first-order valence-corrected chi connectivity index (χ1v) is 4.64. The van der Waals surface area contributed by atoms with Crippen LogP contribution in [0.25, 0.3) is 0 Å². The third-order valence-electron chi connectivity index (χ3n) is 1.68. The average molecular weight is 245 g/mol. The standard InChI is InChI=1S/C9H6Cl2N2O2/c1-15-9(14)6(3-12)8-7(11)2-5(10)4-13-8/h2,4,6H,1H3. The zero-order valence-electron chi connectivity index (χ0n) is 7.70. The second kappa shape index (κ2) is 4.96. The first-order valence-electron chi connectivity index (χ1n) is 3.88. The zero-order chi connectivity index (χ0) is 11.4. The van der Waals surface area contributed by atoms with Crippen molar-refractivity contribution in [1.29, 1.82) is 5.26 Å². The minimum absolute atomic E-state index is 0.149. The summed E-state index contributed by atoms with van der Waals surface area (Å²) in [6, 6.07) is 3.18. The lowest BCUT2D eigenvalue weighted by atomic mass is 10.1. The van der Waals surface area contributed by atoms with E-state index in [0.717, 1.165) is 0 Å². The molecule has 1 rings (SSSR count). The zero-order valence-corrected chi connectivity index (χ0v) is 9.21. The number of nitriles is 1. The van der Waals surface area contributed by atoms with E-state index in [1.165, 1.54) is 19.4 Å². The van der Waals surface area contributed by atoms with E-state index in [1.54, 1.807) is 6.07 Å². The van der Waals surface area contributed by atoms with Crippen molar-refractivity contribution in [3.05, 3.63) is 28.0 Å². The van der Waals surface area contributed by atoms with Crippen LogP contribution in [0.4, 0.5) is 0 Å². The summed E-state index contributed by atoms with van der Waals surface area (Å²) in [6.07, 6.45) is 1.32. The van der Waals surface area contributed by atoms with E-state index in [4.69, 9.17) is 28.5 Å². The first kappa shape index (κ1) is 11.8. The van der Waals surface area contributed by atoms with Crippen LogP contribution in [-0.2, 0) is 9.53 Å². The van der Waals surface area contributed by atoms with Crippen molar-refractivity contribution in [2.24, 2.45) is 0 Å². The predicted molar refractivity (Wildman–Crippen MR) is 54.6 cm³/mol. The van der Waals surface area contributed by atoms with E-state index in [-0.39, 0.29) is 10.7 Å². The van der Waals surface area contributed by atoms with Crippen LogP contribution in [0.15, 0.2) is 12.3 Å². The number of methoxy groups -OCH3 is 1. The SMILES string of the molecule is COC(=O)C(C#N)c1ncc(Cl)cc1Cl. The Morgan fingerprint density at radius 2 is 2.33 bits per heavy atom. The van der Waals surface area contributed by atoms with Gasteiger partial charge in [-0.1, -0.05) is 23.2 Å². The molecule has 4 nitrogen and oxygen atoms in total. The molecule has 1 atom stereocenters. The van der Waals surface area contributed by atoms with Gasteiger partial charge in [0.25, 0.3) is 0 Å². The van der Waals surface area contributed by atoms with Crippen LogP contribution >= 0.6 is 23.2 Å². The number of ether oxygens (including phenoxy) is 1. The van der Waals surface area contributed by atoms with Crippen molar-refractivity contribution in [2.45, 2.75) is 5.92 Å². The third-order valence-corrected chi connectivity index (χ3v) is 2.19. The van der Waals surface area contributed by atoms with Gasteiger partial charge in [-0.05, 0) is 6.07 Å². The van der Waals surface area contributed by atoms with E-state index in [9.17, 15) is 4.79 Å². The van der Waals surface area contributed by atoms with Crippen LogP contribution in [0.3, 0.4) is 0 Å². The number of hydrogen-bond donors (Lipinski definition) is 0. The molecule has 0 N–H and O–H groups in total. The molecule has 0 radical (unpaired) electrons. The molecule has 6 heteroatoms. The molecule has 0 saturated carbocycles. The molecule has 1 unspecified atom stereocenters. The van der Waals surface area contributed by atoms with E-state index in [1.807, 2.05) is 0 Å². The molecule has 1 aromatic heterocycles. The Morgan fingerprint density at radius 3 is 2.80 bits per heavy atom. The lowest BCUT2D eigenvalue weighted by Gasteiger charge is -2.07. The Labute approximate surface area is 96.4 Å². The lowest BCUT2D eigenvalue weighted by Crippen LogP contribution is -2.14. The lowest BCUT2D eigenvalue weighted by molar-refractivity contribution is -0.141. The minimum Gasteiger partial charge on any atom is -0.468 e. The fourth-order valence-corrected chi connectivity index (χ4v) is 1.47. The molecule has 15 heavy (non-hydrogen) atoms. The number of carbonyl (C=O) groups is 1. The second-order valence-electron chi connectivity index (χ2n) is 2.61. The maximum Gasteiger partial charge on any atom is 0.329 e. The molecule has 0 amide bonds. The molecule has 0 aliphatic rings. The van der Waals surface area contributed by atoms with Gasteiger partial charge in [0.1, 0.15) is 0 Å². The number of halogens is 2. The van der Waals surface area contributed by atoms with Crippen molar-refractivity contribution in [3.8, 4) is 6.07 Å². The van der Waals surface area contributed by atoms with E-state index in [2.05, 4.69) is 9.72 Å². The number of esters is 1. The highest BCUT2D eigenvalue weighted by Gasteiger charge is 2.24. The molecule has 0 fully saturated rings. The maximum atomic E-state index is 11.2. The topological polar surface area (TPSA) is 63.0 Å². The maximum absolute atomic E-state index is 11.2. The molecule has 78 valence electrons. The van der Waals surface area contributed by atoms with E-state index < -0.39 is 11.9 Å². The smallest absolute Gasteiger partial charge is 0.329 e. The number of nitrogens with zero attached hydrogens (tertiary/aromatic N) is 2. The fraction of sp³-hybridized carbons (Fsp3) is 0.222. The fourth-order valence-electron chi connectivity index (χ4n) is 0.981. The molecule has 0 aliphatic heterocycles. The average Bonchev–Trinajstić information content (AvgIpc) is 2.21. The first-order chi connectivity index (χ1) is 7.10. The highest BCUT2D eigenvalue weighted by atomic mass is 35.5. The minimum atomic E-state index is -1.13. The summed E-state index contributed by atoms with van der Waals surface area (Å²) in [5.74, 6) is -1.83. The van der Waals surface area contributed by atoms with Crippen LogP contribution in [-0.4, -0.2) is 18.1 Å². The molecule has 0 spiro atoms. The van der Waals surface area contributed by atoms with Gasteiger partial charge in [0.15, 0.2) is 5.92 Å². The summed E-state index contributed by atoms with van der Waals surface area (Å²) >= 11 is 11.4. The molecule has 1 aromatic rings. The Bertz CT molecular complexity index is 429. The Kier molecular flexibility index (Phi) is 3.89. The van der Waals surface area contributed by atoms with E-state index in [0.29, 0.717) is 5.02 Å². The van der Waals surface area contributed by atoms with Crippen LogP contribution in [0.1, 0.15) is 11.6 Å².